The van der Waals surface area contributed by atoms with Crippen LogP contribution in [-0.2, 0) is 9.53 Å². The highest BCUT2D eigenvalue weighted by atomic mass is 16.5. The minimum Gasteiger partial charge on any atom is -0.375 e. The summed E-state index contributed by atoms with van der Waals surface area (Å²) in [6.07, 6.45) is 5.51. The molecule has 3 heteroatoms. The zero-order chi connectivity index (χ0) is 10.8. The van der Waals surface area contributed by atoms with Crippen molar-refractivity contribution in [2.75, 3.05) is 13.7 Å². The van der Waals surface area contributed by atoms with Gasteiger partial charge in [-0.2, -0.15) is 0 Å². The van der Waals surface area contributed by atoms with Crippen molar-refractivity contribution in [2.45, 2.75) is 38.6 Å². The van der Waals surface area contributed by atoms with Gasteiger partial charge in [0.25, 0.3) is 0 Å². The average Bonchev–Trinajstić information content (AvgIpc) is 2.78. The van der Waals surface area contributed by atoms with Crippen LogP contribution in [0.3, 0.4) is 0 Å². The number of rotatable bonds is 4. The first-order valence-corrected chi connectivity index (χ1v) is 5.99. The summed E-state index contributed by atoms with van der Waals surface area (Å²) in [7, 11) is 1.56. The molecule has 2 saturated carbocycles. The number of hydrogen-bond donors (Lipinski definition) is 1. The molecule has 1 amide bonds. The second kappa shape index (κ2) is 4.52. The maximum atomic E-state index is 11.4. The molecule has 2 bridgehead atoms. The molecule has 2 aliphatic carbocycles. The van der Waals surface area contributed by atoms with Crippen LogP contribution in [0.2, 0.25) is 0 Å². The molecule has 0 aromatic rings. The molecule has 0 aromatic heterocycles. The minimum atomic E-state index is 0.0211. The highest BCUT2D eigenvalue weighted by molar-refractivity contribution is 5.77. The van der Waals surface area contributed by atoms with Crippen LogP contribution in [0.1, 0.15) is 32.6 Å². The molecule has 0 spiro atoms. The monoisotopic (exact) mass is 211 g/mol. The summed E-state index contributed by atoms with van der Waals surface area (Å²) in [6.45, 7) is 2.32. The Kier molecular flexibility index (Phi) is 3.29. The molecule has 0 saturated heterocycles. The van der Waals surface area contributed by atoms with Gasteiger partial charge in [0.15, 0.2) is 0 Å². The van der Waals surface area contributed by atoms with Crippen LogP contribution in [0.15, 0.2) is 0 Å². The fraction of sp³-hybridized carbons (Fsp3) is 0.917. The van der Waals surface area contributed by atoms with Crippen molar-refractivity contribution in [1.82, 2.24) is 5.32 Å². The summed E-state index contributed by atoms with van der Waals surface area (Å²) in [4.78, 5) is 11.4. The number of hydrogen-bond acceptors (Lipinski definition) is 2. The number of carbonyl (C=O) groups is 1. The normalized spacial score (nSPS) is 35.5. The molecule has 3 nitrogen and oxygen atoms in total. The molecular weight excluding hydrogens is 190 g/mol. The predicted octanol–water partition coefficient (Wildman–Crippen LogP) is 1.57. The van der Waals surface area contributed by atoms with Crippen LogP contribution >= 0.6 is 0 Å². The van der Waals surface area contributed by atoms with Crippen molar-refractivity contribution in [3.05, 3.63) is 0 Å². The van der Waals surface area contributed by atoms with Crippen LogP contribution in [-0.4, -0.2) is 25.7 Å². The van der Waals surface area contributed by atoms with E-state index in [4.69, 9.17) is 4.74 Å². The van der Waals surface area contributed by atoms with Crippen molar-refractivity contribution in [1.29, 1.82) is 0 Å². The van der Waals surface area contributed by atoms with Crippen molar-refractivity contribution >= 4 is 5.91 Å². The van der Waals surface area contributed by atoms with Crippen LogP contribution < -0.4 is 5.32 Å². The van der Waals surface area contributed by atoms with E-state index in [0.717, 1.165) is 11.8 Å². The molecule has 0 radical (unpaired) electrons. The molecule has 1 N–H and O–H groups in total. The number of methoxy groups -OCH3 is 1. The first-order valence-electron chi connectivity index (χ1n) is 5.99. The van der Waals surface area contributed by atoms with E-state index < -0.39 is 0 Å². The maximum absolute atomic E-state index is 11.4. The van der Waals surface area contributed by atoms with E-state index in [1.54, 1.807) is 7.11 Å². The predicted molar refractivity (Wildman–Crippen MR) is 58.4 cm³/mol. The summed E-state index contributed by atoms with van der Waals surface area (Å²) in [5.41, 5.74) is 0. The Morgan fingerprint density at radius 3 is 2.80 bits per heavy atom. The van der Waals surface area contributed by atoms with E-state index in [0.29, 0.717) is 12.0 Å². The second-order valence-electron chi connectivity index (χ2n) is 5.13. The van der Waals surface area contributed by atoms with Gasteiger partial charge in [0, 0.05) is 13.2 Å². The fourth-order valence-corrected chi connectivity index (χ4v) is 3.44. The topological polar surface area (TPSA) is 38.3 Å². The third kappa shape index (κ3) is 2.33. The third-order valence-electron chi connectivity index (χ3n) is 4.10. The van der Waals surface area contributed by atoms with Gasteiger partial charge in [-0.3, -0.25) is 4.79 Å². The van der Waals surface area contributed by atoms with Crippen molar-refractivity contribution in [3.63, 3.8) is 0 Å². The molecule has 2 fully saturated rings. The Labute approximate surface area is 91.6 Å². The molecule has 15 heavy (non-hydrogen) atoms. The molecule has 0 aliphatic heterocycles. The minimum absolute atomic E-state index is 0.0211. The quantitative estimate of drug-likeness (QED) is 0.766. The van der Waals surface area contributed by atoms with Gasteiger partial charge in [-0.05, 0) is 43.9 Å². The fourth-order valence-electron chi connectivity index (χ4n) is 3.44. The average molecular weight is 211 g/mol. The molecule has 2 rings (SSSR count). The maximum Gasteiger partial charge on any atom is 0.246 e. The number of fused-ring (bicyclic) bond motifs is 2. The van der Waals surface area contributed by atoms with Crippen molar-refractivity contribution in [2.24, 2.45) is 17.8 Å². The lowest BCUT2D eigenvalue weighted by molar-refractivity contribution is -0.125. The van der Waals surface area contributed by atoms with Gasteiger partial charge in [-0.25, -0.2) is 0 Å². The summed E-state index contributed by atoms with van der Waals surface area (Å²) in [6, 6.07) is 0.322. The lowest BCUT2D eigenvalue weighted by atomic mass is 9.84. The van der Waals surface area contributed by atoms with E-state index >= 15 is 0 Å². The lowest BCUT2D eigenvalue weighted by Gasteiger charge is -2.28. The first-order chi connectivity index (χ1) is 7.20. The van der Waals surface area contributed by atoms with Crippen LogP contribution in [0.4, 0.5) is 0 Å². The Bertz CT molecular complexity index is 242. The van der Waals surface area contributed by atoms with Gasteiger partial charge in [0.2, 0.25) is 5.91 Å². The van der Waals surface area contributed by atoms with Crippen molar-refractivity contribution < 1.29 is 9.53 Å². The number of carbonyl (C=O) groups excluding carboxylic acids is 1. The largest absolute Gasteiger partial charge is 0.375 e. The van der Waals surface area contributed by atoms with E-state index in [1.165, 1.54) is 25.7 Å². The Balaban J connectivity index is 1.81. The smallest absolute Gasteiger partial charge is 0.246 e. The van der Waals surface area contributed by atoms with Crippen LogP contribution in [0, 0.1) is 17.8 Å². The first kappa shape index (κ1) is 10.9. The molecule has 0 heterocycles. The van der Waals surface area contributed by atoms with Crippen LogP contribution in [0.25, 0.3) is 0 Å². The van der Waals surface area contributed by atoms with E-state index in [9.17, 15) is 4.79 Å². The Morgan fingerprint density at radius 2 is 2.27 bits per heavy atom. The van der Waals surface area contributed by atoms with Gasteiger partial charge in [-0.15, -0.1) is 0 Å². The van der Waals surface area contributed by atoms with E-state index in [1.807, 2.05) is 0 Å². The SMILES string of the molecule is COCC(=O)N[C@@H](C)[C@@H]1C[C@H]2CC[C@H]1C2. The molecular formula is C12H21NO2. The standard InChI is InChI=1S/C12H21NO2/c1-8(13-12(14)7-15-2)11-6-9-3-4-10(11)5-9/h8-11H,3-7H2,1-2H3,(H,13,14)/t8-,9-,10-,11-/m0/s1. The van der Waals surface area contributed by atoms with Gasteiger partial charge >= 0.3 is 0 Å². The molecule has 0 unspecified atom stereocenters. The third-order valence-corrected chi connectivity index (χ3v) is 4.10. The second-order valence-corrected chi connectivity index (χ2v) is 5.13. The summed E-state index contributed by atoms with van der Waals surface area (Å²) in [5.74, 6) is 2.55. The number of nitrogens with one attached hydrogen (secondary N) is 1. The number of ether oxygens (including phenoxy) is 1. The summed E-state index contributed by atoms with van der Waals surface area (Å²) < 4.78 is 4.82. The van der Waals surface area contributed by atoms with E-state index in [2.05, 4.69) is 12.2 Å². The number of amides is 1. The molecule has 2 aliphatic rings. The van der Waals surface area contributed by atoms with Gasteiger partial charge in [0.1, 0.15) is 6.61 Å². The Morgan fingerprint density at radius 1 is 1.47 bits per heavy atom. The van der Waals surface area contributed by atoms with Gasteiger partial charge in [0.05, 0.1) is 0 Å². The summed E-state index contributed by atoms with van der Waals surface area (Å²) >= 11 is 0. The van der Waals surface area contributed by atoms with Gasteiger partial charge < -0.3 is 10.1 Å². The Hall–Kier alpha value is -0.570. The van der Waals surface area contributed by atoms with Crippen molar-refractivity contribution in [3.8, 4) is 0 Å². The lowest BCUT2D eigenvalue weighted by Crippen LogP contribution is -2.41. The molecule has 4 atom stereocenters. The highest BCUT2D eigenvalue weighted by Gasteiger charge is 2.41. The zero-order valence-electron chi connectivity index (χ0n) is 9.66. The highest BCUT2D eigenvalue weighted by Crippen LogP contribution is 2.49. The molecule has 0 aromatic carbocycles. The molecule has 86 valence electrons. The van der Waals surface area contributed by atoms with E-state index in [-0.39, 0.29) is 12.5 Å². The summed E-state index contributed by atoms with van der Waals surface area (Å²) in [5, 5.41) is 3.04. The van der Waals surface area contributed by atoms with Crippen LogP contribution in [0.5, 0.6) is 0 Å². The van der Waals surface area contributed by atoms with Gasteiger partial charge in [-0.1, -0.05) is 6.42 Å². The zero-order valence-corrected chi connectivity index (χ0v) is 9.66.